The first-order valence-electron chi connectivity index (χ1n) is 6.13. The summed E-state index contributed by atoms with van der Waals surface area (Å²) < 4.78 is 5.07. The molecular weight excluding hydrogens is 292 g/mol. The largest absolute Gasteiger partial charge is 0.497 e. The highest BCUT2D eigenvalue weighted by molar-refractivity contribution is 7.17. The van der Waals surface area contributed by atoms with Gasteiger partial charge in [0.25, 0.3) is 0 Å². The van der Waals surface area contributed by atoms with Gasteiger partial charge in [-0.1, -0.05) is 23.5 Å². The summed E-state index contributed by atoms with van der Waals surface area (Å²) in [5, 5.41) is 12.5. The Labute approximate surface area is 125 Å². The van der Waals surface area contributed by atoms with Gasteiger partial charge in [0.2, 0.25) is 0 Å². The number of nitrogens with one attached hydrogen (secondary N) is 1. The number of hydrogen-bond acceptors (Lipinski definition) is 6. The summed E-state index contributed by atoms with van der Waals surface area (Å²) in [5.41, 5.74) is 0.789. The Balaban J connectivity index is 2.10. The molecule has 21 heavy (non-hydrogen) atoms. The highest BCUT2D eigenvalue weighted by Gasteiger charge is 2.20. The lowest BCUT2D eigenvalue weighted by Crippen LogP contribution is -2.04. The number of rotatable bonds is 6. The minimum atomic E-state index is -1.20. The van der Waals surface area contributed by atoms with E-state index < -0.39 is 5.97 Å². The Kier molecular flexibility index (Phi) is 4.54. The molecule has 0 aliphatic heterocycles. The van der Waals surface area contributed by atoms with Crippen LogP contribution in [0.25, 0.3) is 0 Å². The van der Waals surface area contributed by atoms with Gasteiger partial charge in [0, 0.05) is 13.5 Å². The fourth-order valence-corrected chi connectivity index (χ4v) is 2.55. The van der Waals surface area contributed by atoms with Crippen molar-refractivity contribution in [3.8, 4) is 5.75 Å². The van der Waals surface area contributed by atoms with Crippen molar-refractivity contribution in [1.29, 1.82) is 0 Å². The Hall–Kier alpha value is -2.41. The molecule has 0 atom stereocenters. The Bertz CT molecular complexity index is 633. The van der Waals surface area contributed by atoms with E-state index in [9.17, 15) is 9.59 Å². The van der Waals surface area contributed by atoms with Crippen LogP contribution < -0.4 is 10.1 Å². The molecule has 0 fully saturated rings. The van der Waals surface area contributed by atoms with E-state index in [0.717, 1.165) is 22.6 Å². The van der Waals surface area contributed by atoms with Gasteiger partial charge in [0.1, 0.15) is 10.6 Å². The van der Waals surface area contributed by atoms with E-state index in [4.69, 9.17) is 9.84 Å². The molecule has 2 rings (SSSR count). The number of aromatic nitrogens is 1. The first-order valence-corrected chi connectivity index (χ1v) is 6.94. The van der Waals surface area contributed by atoms with Crippen molar-refractivity contribution < 1.29 is 19.4 Å². The quantitative estimate of drug-likeness (QED) is 0.798. The molecule has 1 aromatic heterocycles. The smallest absolute Gasteiger partial charge is 0.356 e. The highest BCUT2D eigenvalue weighted by Crippen LogP contribution is 2.24. The first-order chi connectivity index (χ1) is 10.0. The van der Waals surface area contributed by atoms with Crippen LogP contribution >= 0.6 is 11.3 Å². The van der Waals surface area contributed by atoms with Crippen LogP contribution in [0.2, 0.25) is 0 Å². The van der Waals surface area contributed by atoms with Crippen molar-refractivity contribution in [2.75, 3.05) is 12.4 Å². The minimum Gasteiger partial charge on any atom is -0.497 e. The fourth-order valence-electron chi connectivity index (χ4n) is 1.70. The van der Waals surface area contributed by atoms with Crippen LogP contribution in [0.4, 0.5) is 5.13 Å². The summed E-state index contributed by atoms with van der Waals surface area (Å²) in [6.07, 6.45) is 0. The van der Waals surface area contributed by atoms with Gasteiger partial charge in [0.15, 0.2) is 16.6 Å². The standard InChI is InChI=1S/C14H14N2O4S/c1-8(17)12-11(13(18)19)16-14(21-12)15-7-9-3-5-10(20-2)6-4-9/h3-6H,7H2,1-2H3,(H,15,16)(H,18,19). The van der Waals surface area contributed by atoms with Crippen molar-refractivity contribution >= 4 is 28.2 Å². The first kappa shape index (κ1) is 15.0. The van der Waals surface area contributed by atoms with Crippen LogP contribution in [0, 0.1) is 0 Å². The van der Waals surface area contributed by atoms with E-state index in [2.05, 4.69) is 10.3 Å². The van der Waals surface area contributed by atoms with Crippen molar-refractivity contribution in [3.05, 3.63) is 40.4 Å². The number of carbonyl (C=O) groups excluding carboxylic acids is 1. The molecule has 0 saturated carbocycles. The predicted molar refractivity (Wildman–Crippen MR) is 79.4 cm³/mol. The zero-order chi connectivity index (χ0) is 15.4. The van der Waals surface area contributed by atoms with Gasteiger partial charge in [-0.3, -0.25) is 4.79 Å². The zero-order valence-electron chi connectivity index (χ0n) is 11.5. The predicted octanol–water partition coefficient (Wildman–Crippen LogP) is 2.66. The summed E-state index contributed by atoms with van der Waals surface area (Å²) >= 11 is 1.05. The number of carboxylic acid groups (broad SMARTS) is 1. The molecule has 6 nitrogen and oxygen atoms in total. The molecular formula is C14H14N2O4S. The number of anilines is 1. The van der Waals surface area contributed by atoms with Gasteiger partial charge >= 0.3 is 5.97 Å². The number of ketones is 1. The van der Waals surface area contributed by atoms with E-state index in [1.807, 2.05) is 24.3 Å². The lowest BCUT2D eigenvalue weighted by Gasteiger charge is -2.04. The second kappa shape index (κ2) is 6.36. The molecule has 2 aromatic rings. The normalized spacial score (nSPS) is 10.2. The number of ether oxygens (including phenoxy) is 1. The van der Waals surface area contributed by atoms with E-state index >= 15 is 0 Å². The number of hydrogen-bond donors (Lipinski definition) is 2. The lowest BCUT2D eigenvalue weighted by molar-refractivity contribution is 0.0687. The molecule has 110 valence electrons. The molecule has 0 aliphatic rings. The second-order valence-electron chi connectivity index (χ2n) is 4.26. The third-order valence-corrected chi connectivity index (χ3v) is 3.87. The molecule has 2 N–H and O–H groups in total. The topological polar surface area (TPSA) is 88.5 Å². The summed E-state index contributed by atoms with van der Waals surface area (Å²) in [6.45, 7) is 1.81. The van der Waals surface area contributed by atoms with Gasteiger partial charge in [-0.05, 0) is 17.7 Å². The number of methoxy groups -OCH3 is 1. The second-order valence-corrected chi connectivity index (χ2v) is 5.26. The van der Waals surface area contributed by atoms with E-state index in [1.165, 1.54) is 6.92 Å². The number of nitrogens with zero attached hydrogens (tertiary/aromatic N) is 1. The number of carbonyl (C=O) groups is 2. The lowest BCUT2D eigenvalue weighted by atomic mass is 10.2. The molecule has 0 spiro atoms. The Morgan fingerprint density at radius 2 is 2.00 bits per heavy atom. The van der Waals surface area contributed by atoms with Crippen molar-refractivity contribution in [3.63, 3.8) is 0 Å². The maximum absolute atomic E-state index is 11.4. The summed E-state index contributed by atoms with van der Waals surface area (Å²) in [5.74, 6) is -0.739. The summed E-state index contributed by atoms with van der Waals surface area (Å²) in [4.78, 5) is 26.5. The number of benzene rings is 1. The van der Waals surface area contributed by atoms with Crippen LogP contribution in [0.1, 0.15) is 32.6 Å². The third kappa shape index (κ3) is 3.57. The van der Waals surface area contributed by atoms with Gasteiger partial charge in [-0.2, -0.15) is 0 Å². The maximum Gasteiger partial charge on any atom is 0.356 e. The average Bonchev–Trinajstić information content (AvgIpc) is 2.90. The summed E-state index contributed by atoms with van der Waals surface area (Å²) in [7, 11) is 1.60. The molecule has 0 unspecified atom stereocenters. The number of thiazole rings is 1. The van der Waals surface area contributed by atoms with E-state index in [0.29, 0.717) is 11.7 Å². The van der Waals surface area contributed by atoms with E-state index in [-0.39, 0.29) is 16.4 Å². The minimum absolute atomic E-state index is 0.153. The van der Waals surface area contributed by atoms with Crippen LogP contribution in [0.5, 0.6) is 5.75 Å². The van der Waals surface area contributed by atoms with Crippen LogP contribution in [-0.2, 0) is 6.54 Å². The third-order valence-electron chi connectivity index (χ3n) is 2.75. The molecule has 0 aliphatic carbocycles. The molecule has 1 heterocycles. The van der Waals surface area contributed by atoms with Crippen LogP contribution in [-0.4, -0.2) is 29.0 Å². The molecule has 0 saturated heterocycles. The van der Waals surface area contributed by atoms with Gasteiger partial charge in [-0.25, -0.2) is 9.78 Å². The average molecular weight is 306 g/mol. The zero-order valence-corrected chi connectivity index (χ0v) is 12.4. The van der Waals surface area contributed by atoms with Crippen LogP contribution in [0.15, 0.2) is 24.3 Å². The monoisotopic (exact) mass is 306 g/mol. The molecule has 0 bridgehead atoms. The molecule has 0 amide bonds. The molecule has 1 aromatic carbocycles. The number of carboxylic acids is 1. The summed E-state index contributed by atoms with van der Waals surface area (Å²) in [6, 6.07) is 7.46. The Morgan fingerprint density at radius 3 is 2.48 bits per heavy atom. The van der Waals surface area contributed by atoms with Crippen molar-refractivity contribution in [2.45, 2.75) is 13.5 Å². The SMILES string of the molecule is COc1ccc(CNc2nc(C(=O)O)c(C(C)=O)s2)cc1. The molecule has 7 heteroatoms. The van der Waals surface area contributed by atoms with Gasteiger partial charge < -0.3 is 15.2 Å². The van der Waals surface area contributed by atoms with Crippen LogP contribution in [0.3, 0.4) is 0 Å². The van der Waals surface area contributed by atoms with Crippen molar-refractivity contribution in [1.82, 2.24) is 4.98 Å². The highest BCUT2D eigenvalue weighted by atomic mass is 32.1. The number of aromatic carboxylic acids is 1. The van der Waals surface area contributed by atoms with Crippen molar-refractivity contribution in [2.24, 2.45) is 0 Å². The number of Topliss-reactive ketones (excluding diaryl/α,β-unsaturated/α-hetero) is 1. The Morgan fingerprint density at radius 1 is 1.33 bits per heavy atom. The van der Waals surface area contributed by atoms with E-state index in [1.54, 1.807) is 7.11 Å². The van der Waals surface area contributed by atoms with Gasteiger partial charge in [-0.15, -0.1) is 0 Å². The molecule has 0 radical (unpaired) electrons. The maximum atomic E-state index is 11.4. The van der Waals surface area contributed by atoms with Gasteiger partial charge in [0.05, 0.1) is 7.11 Å². The fraction of sp³-hybridized carbons (Fsp3) is 0.214.